The normalized spacial score (nSPS) is 19.5. The summed E-state index contributed by atoms with van der Waals surface area (Å²) in [6, 6.07) is 17.8. The van der Waals surface area contributed by atoms with E-state index in [1.54, 1.807) is 6.08 Å². The van der Waals surface area contributed by atoms with Crippen molar-refractivity contribution in [1.29, 1.82) is 0 Å². The van der Waals surface area contributed by atoms with Crippen LogP contribution in [0.4, 0.5) is 8.78 Å². The topological polar surface area (TPSA) is 18.5 Å². The number of alkyl halides is 2. The van der Waals surface area contributed by atoms with E-state index in [-0.39, 0.29) is 12.7 Å². The van der Waals surface area contributed by atoms with Gasteiger partial charge in [-0.25, -0.2) is 0 Å². The summed E-state index contributed by atoms with van der Waals surface area (Å²) >= 11 is 0. The molecule has 0 amide bonds. The zero-order valence-corrected chi connectivity index (χ0v) is 22.9. The van der Waals surface area contributed by atoms with Gasteiger partial charge in [0.1, 0.15) is 0 Å². The molecule has 4 heteroatoms. The maximum atomic E-state index is 15.9. The van der Waals surface area contributed by atoms with Crippen molar-refractivity contribution < 1.29 is 18.3 Å². The molecule has 2 aromatic carbocycles. The largest absolute Gasteiger partial charge is 0.341 e. The third kappa shape index (κ3) is 8.35. The molecule has 2 nitrogen and oxygen atoms in total. The van der Waals surface area contributed by atoms with Crippen molar-refractivity contribution in [2.75, 3.05) is 6.61 Å². The maximum Gasteiger partial charge on any atom is 0.324 e. The second kappa shape index (κ2) is 14.6. The van der Waals surface area contributed by atoms with Crippen LogP contribution in [0.3, 0.4) is 0 Å². The van der Waals surface area contributed by atoms with Gasteiger partial charge in [-0.2, -0.15) is 8.78 Å². The van der Waals surface area contributed by atoms with Gasteiger partial charge in [0, 0.05) is 0 Å². The molecule has 0 bridgehead atoms. The molecular weight excluding hydrogens is 466 g/mol. The predicted molar refractivity (Wildman–Crippen MR) is 151 cm³/mol. The van der Waals surface area contributed by atoms with E-state index in [0.29, 0.717) is 5.57 Å². The van der Waals surface area contributed by atoms with Crippen molar-refractivity contribution in [3.05, 3.63) is 78.4 Å². The van der Waals surface area contributed by atoms with Crippen LogP contribution >= 0.6 is 0 Å². The lowest BCUT2D eigenvalue weighted by Crippen LogP contribution is -2.53. The molecule has 0 aromatic heterocycles. The molecule has 1 aliphatic carbocycles. The first-order valence-electron chi connectivity index (χ1n) is 14.2. The molecule has 0 spiro atoms. The fraction of sp³-hybridized carbons (Fsp3) is 0.515. The molecule has 0 N–H and O–H groups in total. The Morgan fingerprint density at radius 2 is 1.32 bits per heavy atom. The fourth-order valence-corrected chi connectivity index (χ4v) is 4.76. The van der Waals surface area contributed by atoms with Gasteiger partial charge in [-0.05, 0) is 54.2 Å². The van der Waals surface area contributed by atoms with E-state index in [0.717, 1.165) is 67.7 Å². The quantitative estimate of drug-likeness (QED) is 0.165. The average molecular weight is 511 g/mol. The highest BCUT2D eigenvalue weighted by Crippen LogP contribution is 2.43. The molecule has 0 radical (unpaired) electrons. The molecule has 37 heavy (non-hydrogen) atoms. The second-order valence-electron chi connectivity index (χ2n) is 10.2. The molecule has 0 fully saturated rings. The predicted octanol–water partition coefficient (Wildman–Crippen LogP) is 10.0. The van der Waals surface area contributed by atoms with Crippen LogP contribution in [0.15, 0.2) is 72.8 Å². The Balaban J connectivity index is 1.74. The van der Waals surface area contributed by atoms with Crippen LogP contribution in [-0.4, -0.2) is 24.4 Å². The zero-order valence-electron chi connectivity index (χ0n) is 22.9. The summed E-state index contributed by atoms with van der Waals surface area (Å²) in [5.74, 6) is -5.37. The number of allylic oxidation sites excluding steroid dienone is 2. The van der Waals surface area contributed by atoms with Gasteiger partial charge in [0.2, 0.25) is 0 Å². The lowest BCUT2D eigenvalue weighted by molar-refractivity contribution is -0.309. The molecule has 2 atom stereocenters. The van der Waals surface area contributed by atoms with Gasteiger partial charge >= 0.3 is 5.92 Å². The van der Waals surface area contributed by atoms with Crippen LogP contribution in [-0.2, 0) is 9.47 Å². The zero-order chi connectivity index (χ0) is 26.6. The highest BCUT2D eigenvalue weighted by atomic mass is 19.3. The Morgan fingerprint density at radius 1 is 0.730 bits per heavy atom. The third-order valence-electron chi connectivity index (χ3n) is 7.01. The Bertz CT molecular complexity index is 981. The molecule has 0 heterocycles. The van der Waals surface area contributed by atoms with E-state index in [1.807, 2.05) is 61.5 Å². The molecule has 0 saturated carbocycles. The molecule has 2 aromatic rings. The van der Waals surface area contributed by atoms with Gasteiger partial charge in [0.05, 0.1) is 12.7 Å². The molecule has 0 saturated heterocycles. The Labute approximate surface area is 222 Å². The highest BCUT2D eigenvalue weighted by Gasteiger charge is 2.55. The minimum atomic E-state index is -3.30. The van der Waals surface area contributed by atoms with Crippen LogP contribution in [0.25, 0.3) is 16.7 Å². The van der Waals surface area contributed by atoms with Crippen molar-refractivity contribution in [2.24, 2.45) is 0 Å². The number of ether oxygens (including phenoxy) is 2. The van der Waals surface area contributed by atoms with Gasteiger partial charge in [-0.1, -0.05) is 126 Å². The summed E-state index contributed by atoms with van der Waals surface area (Å²) < 4.78 is 43.7. The molecular formula is C33H44F2O2. The van der Waals surface area contributed by atoms with Crippen LogP contribution in [0, 0.1) is 0 Å². The highest BCUT2D eigenvalue weighted by molar-refractivity contribution is 5.78. The summed E-state index contributed by atoms with van der Waals surface area (Å²) in [6.07, 6.45) is 14.1. The minimum Gasteiger partial charge on any atom is -0.341 e. The van der Waals surface area contributed by atoms with Crippen molar-refractivity contribution in [3.63, 3.8) is 0 Å². The van der Waals surface area contributed by atoms with Crippen molar-refractivity contribution in [3.8, 4) is 11.1 Å². The summed E-state index contributed by atoms with van der Waals surface area (Å²) in [5.41, 5.74) is 3.37. The molecule has 1 unspecified atom stereocenters. The third-order valence-corrected chi connectivity index (χ3v) is 7.01. The first-order valence-corrected chi connectivity index (χ1v) is 14.2. The lowest BCUT2D eigenvalue weighted by Gasteiger charge is -2.40. The van der Waals surface area contributed by atoms with E-state index in [4.69, 9.17) is 9.47 Å². The van der Waals surface area contributed by atoms with E-state index >= 15 is 8.78 Å². The molecule has 1 aliphatic rings. The van der Waals surface area contributed by atoms with Gasteiger partial charge in [-0.3, -0.25) is 0 Å². The first kappa shape index (κ1) is 29.3. The number of unbranched alkanes of at least 4 members (excludes halogenated alkanes) is 7. The van der Waals surface area contributed by atoms with E-state index < -0.39 is 11.7 Å². The maximum absolute atomic E-state index is 15.9. The SMILES string of the molecule is CCCCCCCCO[C@@]1(OC(C)CCCCC)C=CC(c2ccc(-c3ccccc3)cc2)=CC1(F)F. The van der Waals surface area contributed by atoms with Crippen LogP contribution < -0.4 is 0 Å². The number of hydrogen-bond acceptors (Lipinski definition) is 2. The van der Waals surface area contributed by atoms with E-state index in [2.05, 4.69) is 13.8 Å². The number of hydrogen-bond donors (Lipinski definition) is 0. The smallest absolute Gasteiger partial charge is 0.324 e. The van der Waals surface area contributed by atoms with Crippen molar-refractivity contribution in [2.45, 2.75) is 103 Å². The summed E-state index contributed by atoms with van der Waals surface area (Å²) in [5, 5.41) is 0. The molecule has 0 aliphatic heterocycles. The number of halogens is 2. The number of benzene rings is 2. The van der Waals surface area contributed by atoms with Gasteiger partial charge in [-0.15, -0.1) is 0 Å². The van der Waals surface area contributed by atoms with Gasteiger partial charge in [0.25, 0.3) is 5.79 Å². The van der Waals surface area contributed by atoms with E-state index in [9.17, 15) is 0 Å². The second-order valence-corrected chi connectivity index (χ2v) is 10.2. The fourth-order valence-electron chi connectivity index (χ4n) is 4.76. The first-order chi connectivity index (χ1) is 17.9. The summed E-state index contributed by atoms with van der Waals surface area (Å²) in [6.45, 7) is 6.44. The molecule has 3 rings (SSSR count). The number of rotatable bonds is 16. The van der Waals surface area contributed by atoms with Crippen LogP contribution in [0.2, 0.25) is 0 Å². The van der Waals surface area contributed by atoms with Crippen LogP contribution in [0.1, 0.15) is 90.5 Å². The minimum absolute atomic E-state index is 0.253. The summed E-state index contributed by atoms with van der Waals surface area (Å²) in [4.78, 5) is 0. The Morgan fingerprint density at radius 3 is 2.00 bits per heavy atom. The monoisotopic (exact) mass is 510 g/mol. The molecule has 202 valence electrons. The van der Waals surface area contributed by atoms with E-state index in [1.165, 1.54) is 25.3 Å². The Kier molecular flexibility index (Phi) is 11.5. The van der Waals surface area contributed by atoms with Gasteiger partial charge in [0.15, 0.2) is 0 Å². The van der Waals surface area contributed by atoms with Crippen molar-refractivity contribution >= 4 is 5.57 Å². The van der Waals surface area contributed by atoms with Crippen molar-refractivity contribution in [1.82, 2.24) is 0 Å². The average Bonchev–Trinajstić information content (AvgIpc) is 2.90. The Hall–Kier alpha value is -2.30. The van der Waals surface area contributed by atoms with Gasteiger partial charge < -0.3 is 9.47 Å². The summed E-state index contributed by atoms with van der Waals surface area (Å²) in [7, 11) is 0. The standard InChI is InChI=1S/C33H44F2O2/c1-4-6-8-9-10-15-25-36-33(37-27(3)16-12-7-5-2)24-23-31(26-32(33,34)35)30-21-19-29(20-22-30)28-17-13-11-14-18-28/h11,13-14,17-24,26-27H,4-10,12,15-16,25H2,1-3H3/t27?,33-/m1/s1. The lowest BCUT2D eigenvalue weighted by atomic mass is 9.92. The van der Waals surface area contributed by atoms with Crippen LogP contribution in [0.5, 0.6) is 0 Å².